The first-order chi connectivity index (χ1) is 17.8. The minimum Gasteiger partial charge on any atom is -0.468 e. The first kappa shape index (κ1) is 32.0. The second kappa shape index (κ2) is 13.7. The molecule has 8 nitrogen and oxygen atoms in total. The van der Waals surface area contributed by atoms with Crippen LogP contribution in [0.2, 0.25) is 16.6 Å². The minimum atomic E-state index is -1.90. The maximum absolute atomic E-state index is 13.8. The third-order valence-corrected chi connectivity index (χ3v) is 15.3. The highest BCUT2D eigenvalue weighted by molar-refractivity contribution is 6.95. The number of nitrogens with one attached hydrogen (secondary N) is 2. The highest BCUT2D eigenvalue weighted by Crippen LogP contribution is 2.41. The number of amides is 2. The third-order valence-electron chi connectivity index (χ3n) is 8.31. The van der Waals surface area contributed by atoms with Gasteiger partial charge in [-0.25, -0.2) is 5.43 Å². The van der Waals surface area contributed by atoms with Crippen LogP contribution in [0.15, 0.2) is 24.3 Å². The SMILES string of the molecule is COC(=O)C1CCCN(C(=O)C(Cc2cccc([Si](C(C)C)(C(C)C)C(C)C)c2)NC(=O)C(N)C(C)C)N1. The van der Waals surface area contributed by atoms with E-state index in [0.717, 1.165) is 5.56 Å². The van der Waals surface area contributed by atoms with Crippen LogP contribution in [0.4, 0.5) is 0 Å². The molecule has 1 fully saturated rings. The second-order valence-electron chi connectivity index (χ2n) is 12.0. The monoisotopic (exact) mass is 546 g/mol. The molecule has 0 saturated carbocycles. The van der Waals surface area contributed by atoms with E-state index in [1.807, 2.05) is 19.9 Å². The van der Waals surface area contributed by atoms with Gasteiger partial charge in [0.25, 0.3) is 5.91 Å². The van der Waals surface area contributed by atoms with Gasteiger partial charge in [0.1, 0.15) is 12.1 Å². The minimum absolute atomic E-state index is 0.0689. The third kappa shape index (κ3) is 7.04. The van der Waals surface area contributed by atoms with Gasteiger partial charge in [0, 0.05) is 13.0 Å². The van der Waals surface area contributed by atoms with E-state index in [0.29, 0.717) is 42.4 Å². The molecule has 1 heterocycles. The van der Waals surface area contributed by atoms with Crippen molar-refractivity contribution in [1.29, 1.82) is 0 Å². The van der Waals surface area contributed by atoms with E-state index in [2.05, 4.69) is 70.5 Å². The second-order valence-corrected chi connectivity index (χ2v) is 17.9. The van der Waals surface area contributed by atoms with E-state index < -0.39 is 32.2 Å². The lowest BCUT2D eigenvalue weighted by atomic mass is 10.0. The maximum atomic E-state index is 13.8. The standard InChI is InChI=1S/C29H50N4O4Si/c1-18(2)26(30)27(34)31-25(28(35)33-15-11-14-24(32-33)29(36)37-9)17-22-12-10-13-23(16-22)38(19(3)4,20(5)6)21(7)8/h10,12-13,16,18-21,24-26,32H,11,14-15,17,30H2,1-9H3,(H,31,34). The van der Waals surface area contributed by atoms with Crippen LogP contribution in [0.5, 0.6) is 0 Å². The van der Waals surface area contributed by atoms with Gasteiger partial charge in [-0.05, 0) is 40.9 Å². The van der Waals surface area contributed by atoms with Crippen LogP contribution < -0.4 is 21.7 Å². The average Bonchev–Trinajstić information content (AvgIpc) is 2.86. The number of rotatable bonds is 11. The molecule has 0 aliphatic carbocycles. The Kier molecular flexibility index (Phi) is 11.5. The molecule has 1 aliphatic rings. The predicted molar refractivity (Wildman–Crippen MR) is 155 cm³/mol. The molecule has 2 rings (SSSR count). The van der Waals surface area contributed by atoms with E-state index >= 15 is 0 Å². The molecular weight excluding hydrogens is 496 g/mol. The van der Waals surface area contributed by atoms with Gasteiger partial charge >= 0.3 is 5.97 Å². The van der Waals surface area contributed by atoms with Crippen molar-refractivity contribution in [3.8, 4) is 0 Å². The summed E-state index contributed by atoms with van der Waals surface area (Å²) in [5.41, 5.74) is 11.8. The van der Waals surface area contributed by atoms with Gasteiger partial charge in [0.2, 0.25) is 5.91 Å². The number of benzene rings is 1. The summed E-state index contributed by atoms with van der Waals surface area (Å²) in [6.45, 7) is 18.2. The molecule has 38 heavy (non-hydrogen) atoms. The molecular formula is C29H50N4O4Si. The van der Waals surface area contributed by atoms with Crippen LogP contribution in [0, 0.1) is 5.92 Å². The molecule has 3 atom stereocenters. The van der Waals surface area contributed by atoms with Crippen LogP contribution in [-0.2, 0) is 25.5 Å². The number of methoxy groups -OCH3 is 1. The zero-order valence-electron chi connectivity index (χ0n) is 24.8. The fraction of sp³-hybridized carbons (Fsp3) is 0.690. The first-order valence-corrected chi connectivity index (χ1v) is 16.3. The van der Waals surface area contributed by atoms with Crippen molar-refractivity contribution < 1.29 is 19.1 Å². The number of esters is 1. The molecule has 0 aromatic heterocycles. The van der Waals surface area contributed by atoms with Crippen molar-refractivity contribution in [2.24, 2.45) is 11.7 Å². The van der Waals surface area contributed by atoms with Gasteiger partial charge in [-0.2, -0.15) is 0 Å². The molecule has 0 radical (unpaired) electrons. The highest BCUT2D eigenvalue weighted by Gasteiger charge is 2.44. The summed E-state index contributed by atoms with van der Waals surface area (Å²) in [4.78, 5) is 38.9. The number of hydrogen-bond donors (Lipinski definition) is 3. The molecule has 4 N–H and O–H groups in total. The van der Waals surface area contributed by atoms with E-state index in [1.54, 1.807) is 0 Å². The zero-order chi connectivity index (χ0) is 28.8. The van der Waals surface area contributed by atoms with Gasteiger partial charge in [-0.15, -0.1) is 0 Å². The predicted octanol–water partition coefficient (Wildman–Crippen LogP) is 3.25. The number of carbonyl (C=O) groups is 3. The quantitative estimate of drug-likeness (QED) is 0.290. The van der Waals surface area contributed by atoms with E-state index in [4.69, 9.17) is 10.5 Å². The lowest BCUT2D eigenvalue weighted by molar-refractivity contribution is -0.151. The van der Waals surface area contributed by atoms with Gasteiger partial charge in [0.05, 0.1) is 21.2 Å². The average molecular weight is 547 g/mol. The molecule has 0 bridgehead atoms. The molecule has 1 saturated heterocycles. The topological polar surface area (TPSA) is 114 Å². The molecule has 0 spiro atoms. The molecule has 1 aromatic rings. The Labute approximate surface area is 230 Å². The fourth-order valence-corrected chi connectivity index (χ4v) is 13.2. The lowest BCUT2D eigenvalue weighted by Gasteiger charge is -2.44. The lowest BCUT2D eigenvalue weighted by Crippen LogP contribution is -2.61. The van der Waals surface area contributed by atoms with E-state index in [1.165, 1.54) is 17.3 Å². The summed E-state index contributed by atoms with van der Waals surface area (Å²) in [5.74, 6) is -1.12. The Morgan fingerprint density at radius 1 is 1.08 bits per heavy atom. The molecule has 3 unspecified atom stereocenters. The summed E-state index contributed by atoms with van der Waals surface area (Å²) in [7, 11) is -0.567. The van der Waals surface area contributed by atoms with Gasteiger partial charge in [0.15, 0.2) is 0 Å². The first-order valence-electron chi connectivity index (χ1n) is 14.1. The van der Waals surface area contributed by atoms with Crippen LogP contribution >= 0.6 is 0 Å². The van der Waals surface area contributed by atoms with Crippen LogP contribution in [0.25, 0.3) is 0 Å². The summed E-state index contributed by atoms with van der Waals surface area (Å²) in [6.07, 6.45) is 1.58. The molecule has 2 amide bonds. The molecule has 9 heteroatoms. The summed E-state index contributed by atoms with van der Waals surface area (Å²) < 4.78 is 4.88. The van der Waals surface area contributed by atoms with Gasteiger partial charge in [-0.3, -0.25) is 19.4 Å². The Bertz CT molecular complexity index is 944. The Morgan fingerprint density at radius 2 is 1.68 bits per heavy atom. The number of ether oxygens (including phenoxy) is 1. The Balaban J connectivity index is 2.43. The summed E-state index contributed by atoms with van der Waals surface area (Å²) >= 11 is 0. The number of nitrogens with two attached hydrogens (primary N) is 1. The number of hydrogen-bond acceptors (Lipinski definition) is 6. The van der Waals surface area contributed by atoms with Crippen molar-refractivity contribution in [2.45, 2.75) is 109 Å². The van der Waals surface area contributed by atoms with Crippen molar-refractivity contribution in [2.75, 3.05) is 13.7 Å². The van der Waals surface area contributed by atoms with Crippen molar-refractivity contribution in [1.82, 2.24) is 15.8 Å². The summed E-state index contributed by atoms with van der Waals surface area (Å²) in [6, 6.07) is 6.46. The van der Waals surface area contributed by atoms with E-state index in [-0.39, 0.29) is 17.7 Å². The maximum Gasteiger partial charge on any atom is 0.324 e. The Morgan fingerprint density at radius 3 is 2.21 bits per heavy atom. The molecule has 1 aromatic carbocycles. The Hall–Kier alpha value is -2.23. The number of hydrazine groups is 1. The van der Waals surface area contributed by atoms with Gasteiger partial charge < -0.3 is 15.8 Å². The van der Waals surface area contributed by atoms with Crippen molar-refractivity contribution in [3.05, 3.63) is 29.8 Å². The smallest absolute Gasteiger partial charge is 0.324 e. The highest BCUT2D eigenvalue weighted by atomic mass is 28.3. The molecule has 1 aliphatic heterocycles. The normalized spacial score (nSPS) is 18.2. The van der Waals surface area contributed by atoms with Crippen molar-refractivity contribution in [3.63, 3.8) is 0 Å². The van der Waals surface area contributed by atoms with E-state index in [9.17, 15) is 14.4 Å². The number of carbonyl (C=O) groups excluding carboxylic acids is 3. The van der Waals surface area contributed by atoms with Crippen LogP contribution in [0.3, 0.4) is 0 Å². The van der Waals surface area contributed by atoms with Gasteiger partial charge in [-0.1, -0.05) is 84.8 Å². The molecule has 214 valence electrons. The fourth-order valence-electron chi connectivity index (χ4n) is 6.42. The zero-order valence-corrected chi connectivity index (χ0v) is 25.8. The summed E-state index contributed by atoms with van der Waals surface area (Å²) in [5, 5.41) is 5.77. The van der Waals surface area contributed by atoms with Crippen molar-refractivity contribution >= 4 is 31.0 Å². The largest absolute Gasteiger partial charge is 0.468 e. The number of nitrogens with zero attached hydrogens (tertiary/aromatic N) is 1. The van der Waals surface area contributed by atoms with Crippen LogP contribution in [0.1, 0.15) is 73.8 Å². The van der Waals surface area contributed by atoms with Crippen LogP contribution in [-0.4, -0.2) is 62.6 Å².